The summed E-state index contributed by atoms with van der Waals surface area (Å²) in [6.45, 7) is 0. The van der Waals surface area contributed by atoms with Gasteiger partial charge in [-0.05, 0) is 17.7 Å². The predicted octanol–water partition coefficient (Wildman–Crippen LogP) is 4.89. The molecule has 0 unspecified atom stereocenters. The van der Waals surface area contributed by atoms with Gasteiger partial charge in [0.1, 0.15) is 17.0 Å². The molecule has 1 N–H and O–H groups in total. The molecule has 0 atom stereocenters. The van der Waals surface area contributed by atoms with Gasteiger partial charge in [-0.25, -0.2) is 14.8 Å². The minimum atomic E-state index is -0.396. The second kappa shape index (κ2) is 6.93. The molecule has 0 aliphatic heterocycles. The van der Waals surface area contributed by atoms with Crippen LogP contribution in [-0.2, 0) is 4.74 Å². The van der Waals surface area contributed by atoms with E-state index in [1.54, 1.807) is 23.5 Å². The smallest absolute Gasteiger partial charge is 0.339 e. The summed E-state index contributed by atoms with van der Waals surface area (Å²) in [7, 11) is 1.37. The number of methoxy groups -OCH3 is 1. The van der Waals surface area contributed by atoms with Gasteiger partial charge in [-0.3, -0.25) is 0 Å². The molecular formula is C20H15N3O2S. The normalized spacial score (nSPS) is 10.7. The van der Waals surface area contributed by atoms with E-state index >= 15 is 0 Å². The van der Waals surface area contributed by atoms with Crippen LogP contribution < -0.4 is 5.32 Å². The summed E-state index contributed by atoms with van der Waals surface area (Å²) in [6.07, 6.45) is 1.52. The number of nitrogens with zero attached hydrogens (tertiary/aromatic N) is 2. The lowest BCUT2D eigenvalue weighted by molar-refractivity contribution is 0.0602. The number of hydrogen-bond acceptors (Lipinski definition) is 6. The van der Waals surface area contributed by atoms with Gasteiger partial charge in [-0.1, -0.05) is 42.5 Å². The number of rotatable bonds is 4. The van der Waals surface area contributed by atoms with Crippen molar-refractivity contribution in [3.05, 3.63) is 71.9 Å². The summed E-state index contributed by atoms with van der Waals surface area (Å²) in [5.74, 6) is 0.262. The number of carbonyl (C=O) groups is 1. The Morgan fingerprint density at radius 2 is 1.81 bits per heavy atom. The molecule has 0 saturated carbocycles. The van der Waals surface area contributed by atoms with Gasteiger partial charge in [-0.2, -0.15) is 0 Å². The molecule has 0 fully saturated rings. The maximum Gasteiger partial charge on any atom is 0.339 e. The highest BCUT2D eigenvalue weighted by Crippen LogP contribution is 2.37. The average Bonchev–Trinajstić information content (AvgIpc) is 3.14. The highest BCUT2D eigenvalue weighted by atomic mass is 32.1. The van der Waals surface area contributed by atoms with E-state index < -0.39 is 5.97 Å². The van der Waals surface area contributed by atoms with Crippen LogP contribution in [0.4, 0.5) is 11.5 Å². The molecule has 0 radical (unpaired) electrons. The number of para-hydroxylation sites is 1. The number of benzene rings is 2. The number of fused-ring (bicyclic) bond motifs is 1. The Morgan fingerprint density at radius 1 is 1.04 bits per heavy atom. The molecule has 0 amide bonds. The number of esters is 1. The molecule has 26 heavy (non-hydrogen) atoms. The van der Waals surface area contributed by atoms with Gasteiger partial charge in [-0.15, -0.1) is 11.3 Å². The molecule has 0 aliphatic rings. The van der Waals surface area contributed by atoms with Crippen LogP contribution in [0.2, 0.25) is 0 Å². The van der Waals surface area contributed by atoms with Crippen molar-refractivity contribution in [2.45, 2.75) is 0 Å². The Morgan fingerprint density at radius 3 is 2.62 bits per heavy atom. The van der Waals surface area contributed by atoms with Gasteiger partial charge >= 0.3 is 5.97 Å². The lowest BCUT2D eigenvalue weighted by atomic mass is 10.1. The van der Waals surface area contributed by atoms with Crippen molar-refractivity contribution in [1.82, 2.24) is 9.97 Å². The van der Waals surface area contributed by atoms with Gasteiger partial charge in [0.05, 0.1) is 23.7 Å². The largest absolute Gasteiger partial charge is 0.465 e. The van der Waals surface area contributed by atoms with Crippen molar-refractivity contribution in [2.75, 3.05) is 12.4 Å². The van der Waals surface area contributed by atoms with E-state index in [9.17, 15) is 4.79 Å². The second-order valence-corrected chi connectivity index (χ2v) is 6.44. The third-order valence-electron chi connectivity index (χ3n) is 4.04. The molecular weight excluding hydrogens is 346 g/mol. The first kappa shape index (κ1) is 16.2. The number of carbonyl (C=O) groups excluding carboxylic acids is 1. The highest BCUT2D eigenvalue weighted by Gasteiger charge is 2.16. The van der Waals surface area contributed by atoms with Crippen molar-refractivity contribution in [1.29, 1.82) is 0 Å². The van der Waals surface area contributed by atoms with Crippen LogP contribution in [0.1, 0.15) is 10.4 Å². The van der Waals surface area contributed by atoms with Crippen molar-refractivity contribution < 1.29 is 9.53 Å². The molecule has 6 heteroatoms. The number of hydrogen-bond donors (Lipinski definition) is 1. The molecule has 2 aromatic heterocycles. The molecule has 0 spiro atoms. The molecule has 0 saturated heterocycles. The third-order valence-corrected chi connectivity index (χ3v) is 4.93. The predicted molar refractivity (Wildman–Crippen MR) is 104 cm³/mol. The van der Waals surface area contributed by atoms with Gasteiger partial charge in [0.2, 0.25) is 0 Å². The van der Waals surface area contributed by atoms with Crippen LogP contribution >= 0.6 is 11.3 Å². The number of nitrogens with one attached hydrogen (secondary N) is 1. The monoisotopic (exact) mass is 361 g/mol. The average molecular weight is 361 g/mol. The van der Waals surface area contributed by atoms with Crippen molar-refractivity contribution in [2.24, 2.45) is 0 Å². The fourth-order valence-electron chi connectivity index (χ4n) is 2.81. The van der Waals surface area contributed by atoms with Crippen molar-refractivity contribution in [3.8, 4) is 11.1 Å². The van der Waals surface area contributed by atoms with Crippen LogP contribution in [0, 0.1) is 0 Å². The van der Waals surface area contributed by atoms with E-state index in [4.69, 9.17) is 4.74 Å². The Bertz CT molecular complexity index is 1080. The summed E-state index contributed by atoms with van der Waals surface area (Å²) in [4.78, 5) is 21.7. The van der Waals surface area contributed by atoms with Gasteiger partial charge in [0.15, 0.2) is 0 Å². The highest BCUT2D eigenvalue weighted by molar-refractivity contribution is 7.17. The van der Waals surface area contributed by atoms with Crippen LogP contribution in [0.3, 0.4) is 0 Å². The lowest BCUT2D eigenvalue weighted by Crippen LogP contribution is -2.06. The first-order chi connectivity index (χ1) is 12.8. The summed E-state index contributed by atoms with van der Waals surface area (Å²) in [5, 5.41) is 6.29. The van der Waals surface area contributed by atoms with E-state index in [0.717, 1.165) is 21.3 Å². The van der Waals surface area contributed by atoms with Crippen LogP contribution in [-0.4, -0.2) is 23.0 Å². The zero-order valence-electron chi connectivity index (χ0n) is 14.0. The van der Waals surface area contributed by atoms with E-state index in [2.05, 4.69) is 32.8 Å². The Hall–Kier alpha value is -3.25. The first-order valence-electron chi connectivity index (χ1n) is 8.00. The van der Waals surface area contributed by atoms with Crippen molar-refractivity contribution in [3.63, 3.8) is 0 Å². The second-order valence-electron chi connectivity index (χ2n) is 5.58. The quantitative estimate of drug-likeness (QED) is 0.524. The summed E-state index contributed by atoms with van der Waals surface area (Å²) < 4.78 is 4.87. The van der Waals surface area contributed by atoms with E-state index in [0.29, 0.717) is 17.1 Å². The molecule has 0 bridgehead atoms. The maximum absolute atomic E-state index is 12.0. The summed E-state index contributed by atoms with van der Waals surface area (Å²) in [5.41, 5.74) is 3.25. The summed E-state index contributed by atoms with van der Waals surface area (Å²) >= 11 is 1.57. The van der Waals surface area contributed by atoms with Crippen LogP contribution in [0.25, 0.3) is 21.3 Å². The number of thiophene rings is 1. The van der Waals surface area contributed by atoms with Gasteiger partial charge in [0.25, 0.3) is 0 Å². The topological polar surface area (TPSA) is 64.1 Å². The number of ether oxygens (including phenoxy) is 1. The van der Waals surface area contributed by atoms with E-state index in [-0.39, 0.29) is 0 Å². The number of aromatic nitrogens is 2. The maximum atomic E-state index is 12.0. The van der Waals surface area contributed by atoms with E-state index in [1.807, 2.05) is 30.3 Å². The molecule has 4 rings (SSSR count). The van der Waals surface area contributed by atoms with Gasteiger partial charge < -0.3 is 10.1 Å². The minimum absolute atomic E-state index is 0.396. The molecule has 0 aliphatic carbocycles. The molecule has 4 aromatic rings. The molecule has 2 aromatic carbocycles. The SMILES string of the molecule is COC(=O)c1ccccc1Nc1ncnc2scc(-c3ccccc3)c12. The minimum Gasteiger partial charge on any atom is -0.465 e. The lowest BCUT2D eigenvalue weighted by Gasteiger charge is -2.11. The Labute approximate surface area is 154 Å². The summed E-state index contributed by atoms with van der Waals surface area (Å²) in [6, 6.07) is 17.3. The Balaban J connectivity index is 1.84. The van der Waals surface area contributed by atoms with Gasteiger partial charge in [0, 0.05) is 10.9 Å². The van der Waals surface area contributed by atoms with Crippen molar-refractivity contribution >= 4 is 39.0 Å². The zero-order chi connectivity index (χ0) is 17.9. The fraction of sp³-hybridized carbons (Fsp3) is 0.0500. The fourth-order valence-corrected chi connectivity index (χ4v) is 3.72. The molecule has 5 nitrogen and oxygen atoms in total. The zero-order valence-corrected chi connectivity index (χ0v) is 14.8. The molecule has 128 valence electrons. The Kier molecular flexibility index (Phi) is 4.33. The number of anilines is 2. The third kappa shape index (κ3) is 2.91. The van der Waals surface area contributed by atoms with Crippen LogP contribution in [0.5, 0.6) is 0 Å². The van der Waals surface area contributed by atoms with E-state index in [1.165, 1.54) is 13.4 Å². The van der Waals surface area contributed by atoms with Crippen LogP contribution in [0.15, 0.2) is 66.3 Å². The molecule has 2 heterocycles. The standard InChI is InChI=1S/C20H15N3O2S/c1-25-20(24)14-9-5-6-10-16(14)23-18-17-15(13-7-3-2-4-8-13)11-26-19(17)22-12-21-18/h2-12H,1H3,(H,21,22,23). The first-order valence-corrected chi connectivity index (χ1v) is 8.88.